The molecule has 3 aromatic heterocycles. The summed E-state index contributed by atoms with van der Waals surface area (Å²) in [5, 5.41) is 16.0. The van der Waals surface area contributed by atoms with Crippen molar-refractivity contribution in [2.75, 3.05) is 13.1 Å². The Kier molecular flexibility index (Phi) is 7.05. The minimum Gasteiger partial charge on any atom is -0.474 e. The molecule has 11 heteroatoms. The number of hydrogen-bond donors (Lipinski definition) is 1. The number of aliphatic hydroxyl groups is 1. The van der Waals surface area contributed by atoms with Crippen LogP contribution in [-0.4, -0.2) is 65.0 Å². The molecule has 0 radical (unpaired) electrons. The number of carbonyl (C=O) groups is 1. The summed E-state index contributed by atoms with van der Waals surface area (Å²) in [4.78, 5) is 36.5. The predicted molar refractivity (Wildman–Crippen MR) is 144 cm³/mol. The number of carbonyl (C=O) groups excluding carboxylic acids is 1. The van der Waals surface area contributed by atoms with Gasteiger partial charge in [-0.05, 0) is 56.7 Å². The number of ether oxygens (including phenoxy) is 1. The van der Waals surface area contributed by atoms with E-state index in [2.05, 4.69) is 15.1 Å². The van der Waals surface area contributed by atoms with Crippen LogP contribution in [0.2, 0.25) is 0 Å². The lowest BCUT2D eigenvalue weighted by Gasteiger charge is -2.40. The molecule has 1 aliphatic heterocycles. The third-order valence-electron chi connectivity index (χ3n) is 8.03. The molecule has 0 unspecified atom stereocenters. The lowest BCUT2D eigenvalue weighted by molar-refractivity contribution is -0.141. The van der Waals surface area contributed by atoms with E-state index in [0.29, 0.717) is 62.6 Å². The molecule has 2 fully saturated rings. The molecule has 208 valence electrons. The van der Waals surface area contributed by atoms with Crippen molar-refractivity contribution >= 4 is 16.9 Å². The summed E-state index contributed by atoms with van der Waals surface area (Å²) in [5.41, 5.74) is -0.101. The van der Waals surface area contributed by atoms with Gasteiger partial charge in [0, 0.05) is 25.1 Å². The molecule has 1 aromatic carbocycles. The molecule has 1 saturated heterocycles. The van der Waals surface area contributed by atoms with E-state index in [0.717, 1.165) is 5.69 Å². The second-order valence-corrected chi connectivity index (χ2v) is 10.7. The van der Waals surface area contributed by atoms with Crippen molar-refractivity contribution in [2.24, 2.45) is 5.92 Å². The van der Waals surface area contributed by atoms with Crippen molar-refractivity contribution in [3.63, 3.8) is 0 Å². The SMILES string of the molecule is O=c1c2cnn(-c3ccccc3)c2ncn1CC1(O)CCN(C(=O)[C@H]2CC[C@H](Oc3cccc(F)n3)CC2)CC1. The molecule has 4 heterocycles. The van der Waals surface area contributed by atoms with E-state index < -0.39 is 11.5 Å². The number of aromatic nitrogens is 5. The Labute approximate surface area is 230 Å². The lowest BCUT2D eigenvalue weighted by Crippen LogP contribution is -2.51. The number of likely N-dealkylation sites (tertiary alicyclic amines) is 1. The fourth-order valence-electron chi connectivity index (χ4n) is 5.75. The van der Waals surface area contributed by atoms with Gasteiger partial charge >= 0.3 is 0 Å². The van der Waals surface area contributed by atoms with Gasteiger partial charge in [0.25, 0.3) is 5.56 Å². The quantitative estimate of drug-likeness (QED) is 0.370. The Hall–Kier alpha value is -4.12. The van der Waals surface area contributed by atoms with Crippen molar-refractivity contribution in [3.8, 4) is 11.6 Å². The second kappa shape index (κ2) is 10.8. The van der Waals surface area contributed by atoms with Crippen LogP contribution in [0, 0.1) is 11.9 Å². The zero-order valence-electron chi connectivity index (χ0n) is 22.0. The number of benzene rings is 1. The monoisotopic (exact) mass is 546 g/mol. The first-order chi connectivity index (χ1) is 19.4. The molecule has 10 nitrogen and oxygen atoms in total. The molecule has 0 atom stereocenters. The smallest absolute Gasteiger partial charge is 0.264 e. The third-order valence-corrected chi connectivity index (χ3v) is 8.03. The number of piperidine rings is 1. The first-order valence-corrected chi connectivity index (χ1v) is 13.7. The van der Waals surface area contributed by atoms with Gasteiger partial charge in [0.05, 0.1) is 24.0 Å². The van der Waals surface area contributed by atoms with Crippen molar-refractivity contribution in [2.45, 2.75) is 56.8 Å². The normalized spacial score (nSPS) is 20.9. The van der Waals surface area contributed by atoms with Crippen LogP contribution in [0.25, 0.3) is 16.7 Å². The number of rotatable bonds is 6. The van der Waals surface area contributed by atoms with Gasteiger partial charge in [0.15, 0.2) is 5.65 Å². The third kappa shape index (κ3) is 5.33. The fraction of sp³-hybridized carbons (Fsp3) is 0.414. The first kappa shape index (κ1) is 26.1. The van der Waals surface area contributed by atoms with E-state index in [9.17, 15) is 19.1 Å². The summed E-state index contributed by atoms with van der Waals surface area (Å²) in [7, 11) is 0. The minimum absolute atomic E-state index is 0.0890. The Bertz CT molecular complexity index is 1560. The average molecular weight is 547 g/mol. The number of para-hydroxylation sites is 1. The summed E-state index contributed by atoms with van der Waals surface area (Å²) in [5.74, 6) is -0.310. The van der Waals surface area contributed by atoms with Gasteiger partial charge in [0.2, 0.25) is 17.7 Å². The molecule has 2 aliphatic rings. The average Bonchev–Trinajstić information content (AvgIpc) is 3.41. The van der Waals surface area contributed by atoms with Gasteiger partial charge in [-0.25, -0.2) is 9.67 Å². The highest BCUT2D eigenvalue weighted by atomic mass is 19.1. The molecule has 4 aromatic rings. The van der Waals surface area contributed by atoms with Gasteiger partial charge in [-0.3, -0.25) is 14.2 Å². The summed E-state index contributed by atoms with van der Waals surface area (Å²) in [6.45, 7) is 0.953. The number of hydrogen-bond acceptors (Lipinski definition) is 7. The van der Waals surface area contributed by atoms with Crippen LogP contribution in [0.5, 0.6) is 5.88 Å². The fourth-order valence-corrected chi connectivity index (χ4v) is 5.75. The van der Waals surface area contributed by atoms with Crippen molar-refractivity contribution in [1.29, 1.82) is 0 Å². The zero-order valence-corrected chi connectivity index (χ0v) is 22.0. The zero-order chi connectivity index (χ0) is 27.7. The number of pyridine rings is 1. The van der Waals surface area contributed by atoms with Crippen LogP contribution >= 0.6 is 0 Å². The van der Waals surface area contributed by atoms with Crippen molar-refractivity contribution in [1.82, 2.24) is 29.2 Å². The summed E-state index contributed by atoms with van der Waals surface area (Å²) in [6, 6.07) is 13.9. The molecular formula is C29H31FN6O4. The molecule has 1 saturated carbocycles. The van der Waals surface area contributed by atoms with E-state index in [1.165, 1.54) is 23.2 Å². The summed E-state index contributed by atoms with van der Waals surface area (Å²) >= 11 is 0. The summed E-state index contributed by atoms with van der Waals surface area (Å²) in [6.07, 6.45) is 6.40. The van der Waals surface area contributed by atoms with E-state index in [1.54, 1.807) is 16.8 Å². The number of halogens is 1. The molecule has 40 heavy (non-hydrogen) atoms. The Morgan fingerprint density at radius 2 is 1.80 bits per heavy atom. The minimum atomic E-state index is -1.12. The standard InChI is InChI=1S/C29H31FN6O4/c30-24-7-4-8-25(33-24)40-22-11-9-20(10-12-22)27(37)34-15-13-29(39,14-16-34)18-35-19-31-26-23(28(35)38)17-32-36(26)21-5-2-1-3-6-21/h1-8,17,19-20,22,39H,9-16,18H2/t20-,22-. The molecule has 0 spiro atoms. The Morgan fingerprint density at radius 1 is 1.05 bits per heavy atom. The molecule has 6 rings (SSSR count). The number of amides is 1. The first-order valence-electron chi connectivity index (χ1n) is 13.7. The highest BCUT2D eigenvalue weighted by Gasteiger charge is 2.37. The van der Waals surface area contributed by atoms with Crippen LogP contribution in [0.3, 0.4) is 0 Å². The highest BCUT2D eigenvalue weighted by Crippen LogP contribution is 2.31. The van der Waals surface area contributed by atoms with Crippen LogP contribution in [0.4, 0.5) is 4.39 Å². The molecule has 1 N–H and O–H groups in total. The Balaban J connectivity index is 1.04. The predicted octanol–water partition coefficient (Wildman–Crippen LogP) is 3.11. The topological polar surface area (TPSA) is 115 Å². The van der Waals surface area contributed by atoms with E-state index >= 15 is 0 Å². The van der Waals surface area contributed by atoms with Crippen LogP contribution in [0.1, 0.15) is 38.5 Å². The van der Waals surface area contributed by atoms with Gasteiger partial charge in [-0.15, -0.1) is 0 Å². The van der Waals surface area contributed by atoms with Crippen molar-refractivity contribution in [3.05, 3.63) is 77.4 Å². The maximum Gasteiger partial charge on any atom is 0.264 e. The molecule has 1 amide bonds. The lowest BCUT2D eigenvalue weighted by atomic mass is 9.85. The maximum atomic E-state index is 13.3. The van der Waals surface area contributed by atoms with Crippen LogP contribution < -0.4 is 10.3 Å². The van der Waals surface area contributed by atoms with Crippen LogP contribution in [-0.2, 0) is 11.3 Å². The molecule has 1 aliphatic carbocycles. The Morgan fingerprint density at radius 3 is 2.52 bits per heavy atom. The largest absolute Gasteiger partial charge is 0.474 e. The van der Waals surface area contributed by atoms with Crippen LogP contribution in [0.15, 0.2) is 65.8 Å². The highest BCUT2D eigenvalue weighted by molar-refractivity contribution is 5.79. The maximum absolute atomic E-state index is 13.3. The van der Waals surface area contributed by atoms with E-state index in [1.807, 2.05) is 35.2 Å². The van der Waals surface area contributed by atoms with Gasteiger partial charge in [0.1, 0.15) is 17.8 Å². The molecular weight excluding hydrogens is 515 g/mol. The van der Waals surface area contributed by atoms with E-state index in [-0.39, 0.29) is 35.9 Å². The summed E-state index contributed by atoms with van der Waals surface area (Å²) < 4.78 is 22.2. The van der Waals surface area contributed by atoms with Gasteiger partial charge < -0.3 is 14.7 Å². The van der Waals surface area contributed by atoms with Gasteiger partial charge in [-0.1, -0.05) is 24.3 Å². The number of fused-ring (bicyclic) bond motifs is 1. The molecule has 0 bridgehead atoms. The van der Waals surface area contributed by atoms with Gasteiger partial charge in [-0.2, -0.15) is 14.5 Å². The number of nitrogens with zero attached hydrogens (tertiary/aromatic N) is 6. The second-order valence-electron chi connectivity index (χ2n) is 10.7. The van der Waals surface area contributed by atoms with Crippen molar-refractivity contribution < 1.29 is 19.0 Å². The van der Waals surface area contributed by atoms with E-state index in [4.69, 9.17) is 4.74 Å².